The van der Waals surface area contributed by atoms with Gasteiger partial charge in [-0.2, -0.15) is 29.8 Å². The Hall–Kier alpha value is -0.406. The summed E-state index contributed by atoms with van der Waals surface area (Å²) in [5.41, 5.74) is 2.22. The summed E-state index contributed by atoms with van der Waals surface area (Å²) in [4.78, 5) is 12.9. The van der Waals surface area contributed by atoms with Gasteiger partial charge >= 0.3 is 6.09 Å². The van der Waals surface area contributed by atoms with Gasteiger partial charge in [0.15, 0.2) is 0 Å². The molecule has 1 heterocycles. The largest absolute Gasteiger partial charge is 0.448 e. The smallest absolute Gasteiger partial charge is 0.409 e. The Bertz CT molecular complexity index is 354. The van der Waals surface area contributed by atoms with Crippen LogP contribution < -0.4 is 0 Å². The third-order valence-corrected chi connectivity index (χ3v) is 2.38. The van der Waals surface area contributed by atoms with Crippen LogP contribution >= 0.6 is 0 Å². The number of benzene rings is 1. The Kier molecular flexibility index (Phi) is 4.74. The average Bonchev–Trinajstić information content (AvgIpc) is 2.56. The first-order valence-corrected chi connectivity index (χ1v) is 4.65. The predicted octanol–water partition coefficient (Wildman–Crippen LogP) is 1.74. The molecule has 1 amide bonds. The number of nitrogens with zero attached hydrogens (tertiary/aromatic N) is 1. The van der Waals surface area contributed by atoms with Gasteiger partial charge in [-0.1, -0.05) is 6.92 Å². The molecule has 1 saturated heterocycles. The van der Waals surface area contributed by atoms with Gasteiger partial charge in [-0.05, 0) is 0 Å². The maximum atomic E-state index is 11.2. The van der Waals surface area contributed by atoms with Crippen LogP contribution in [0, 0.1) is 13.0 Å². The number of ether oxygens (including phenoxy) is 1. The predicted molar refractivity (Wildman–Crippen MR) is 51.8 cm³/mol. The summed E-state index contributed by atoms with van der Waals surface area (Å²) in [5, 5.41) is 0. The van der Waals surface area contributed by atoms with Crippen LogP contribution in [0.2, 0.25) is 0 Å². The molecule has 1 aromatic rings. The van der Waals surface area contributed by atoms with Gasteiger partial charge in [0.2, 0.25) is 0 Å². The van der Waals surface area contributed by atoms with Gasteiger partial charge in [0.1, 0.15) is 6.61 Å². The maximum absolute atomic E-state index is 11.2. The van der Waals surface area contributed by atoms with Gasteiger partial charge in [-0.3, -0.25) is 0 Å². The molecule has 3 nitrogen and oxygen atoms in total. The van der Waals surface area contributed by atoms with Gasteiger partial charge in [-0.25, -0.2) is 4.79 Å². The van der Waals surface area contributed by atoms with Gasteiger partial charge in [-0.15, -0.1) is 5.56 Å². The second-order valence-corrected chi connectivity index (χ2v) is 3.36. The standard InChI is InChI=1S/C11H12NO2.Y/c1-9-4-2-3-5-10(9)8-12-6-7-14-11(12)13;/h2-3,5H,6-8H2,1H3;/q-1;. The molecular formula is C11H12NO2Y-. The fourth-order valence-corrected chi connectivity index (χ4v) is 1.50. The van der Waals surface area contributed by atoms with Gasteiger partial charge in [0, 0.05) is 39.3 Å². The summed E-state index contributed by atoms with van der Waals surface area (Å²) < 4.78 is 4.85. The van der Waals surface area contributed by atoms with E-state index < -0.39 is 0 Å². The van der Waals surface area contributed by atoms with E-state index in [-0.39, 0.29) is 38.8 Å². The molecule has 0 atom stereocenters. The number of hydrogen-bond donors (Lipinski definition) is 0. The fourth-order valence-electron chi connectivity index (χ4n) is 1.50. The Labute approximate surface area is 115 Å². The van der Waals surface area contributed by atoms with E-state index in [4.69, 9.17) is 4.74 Å². The zero-order valence-electron chi connectivity index (χ0n) is 8.69. The van der Waals surface area contributed by atoms with E-state index in [0.717, 1.165) is 11.1 Å². The third kappa shape index (κ3) is 3.02. The van der Waals surface area contributed by atoms with Crippen LogP contribution in [0.25, 0.3) is 0 Å². The monoisotopic (exact) mass is 279 g/mol. The Morgan fingerprint density at radius 3 is 3.00 bits per heavy atom. The van der Waals surface area contributed by atoms with Crippen molar-refractivity contribution in [2.45, 2.75) is 13.5 Å². The van der Waals surface area contributed by atoms with Crippen LogP contribution in [0.4, 0.5) is 4.79 Å². The van der Waals surface area contributed by atoms with Crippen molar-refractivity contribution in [1.82, 2.24) is 4.90 Å². The zero-order chi connectivity index (χ0) is 9.97. The SMILES string of the molecule is Cc1[c-]cccc1CN1CCOC1=O.[Y]. The number of cyclic esters (lactones) is 1. The molecule has 0 N–H and O–H groups in total. The summed E-state index contributed by atoms with van der Waals surface area (Å²) in [5.74, 6) is 0. The molecule has 1 aromatic carbocycles. The molecule has 1 aliphatic rings. The van der Waals surface area contributed by atoms with Crippen molar-refractivity contribution in [3.8, 4) is 0 Å². The summed E-state index contributed by atoms with van der Waals surface area (Å²) in [7, 11) is 0. The van der Waals surface area contributed by atoms with E-state index in [1.54, 1.807) is 4.90 Å². The second-order valence-electron chi connectivity index (χ2n) is 3.36. The Morgan fingerprint density at radius 1 is 1.60 bits per heavy atom. The minimum Gasteiger partial charge on any atom is -0.448 e. The summed E-state index contributed by atoms with van der Waals surface area (Å²) >= 11 is 0. The second kappa shape index (κ2) is 5.62. The molecule has 1 radical (unpaired) electrons. The number of rotatable bonds is 2. The fraction of sp³-hybridized carbons (Fsp3) is 0.364. The maximum Gasteiger partial charge on any atom is 0.409 e. The summed E-state index contributed by atoms with van der Waals surface area (Å²) in [6, 6.07) is 8.93. The molecule has 1 aliphatic heterocycles. The van der Waals surface area contributed by atoms with Crippen molar-refractivity contribution in [1.29, 1.82) is 0 Å². The average molecular weight is 279 g/mol. The van der Waals surface area contributed by atoms with Crippen molar-refractivity contribution in [2.75, 3.05) is 13.2 Å². The first kappa shape index (κ1) is 12.7. The Morgan fingerprint density at radius 2 is 2.40 bits per heavy atom. The van der Waals surface area contributed by atoms with Crippen LogP contribution in [-0.2, 0) is 44.0 Å². The topological polar surface area (TPSA) is 29.5 Å². The molecule has 2 rings (SSSR count). The Balaban J connectivity index is 0.00000112. The first-order chi connectivity index (χ1) is 6.77. The van der Waals surface area contributed by atoms with Crippen molar-refractivity contribution in [3.63, 3.8) is 0 Å². The molecule has 0 saturated carbocycles. The number of hydrogen-bond acceptors (Lipinski definition) is 2. The first-order valence-electron chi connectivity index (χ1n) is 4.65. The molecule has 15 heavy (non-hydrogen) atoms. The van der Waals surface area contributed by atoms with E-state index in [2.05, 4.69) is 6.07 Å². The van der Waals surface area contributed by atoms with E-state index in [9.17, 15) is 4.79 Å². The number of aryl methyl sites for hydroxylation is 1. The molecule has 0 aliphatic carbocycles. The van der Waals surface area contributed by atoms with Gasteiger partial charge in [0.05, 0.1) is 6.54 Å². The summed E-state index contributed by atoms with van der Waals surface area (Å²) in [6.45, 7) is 3.82. The van der Waals surface area contributed by atoms with Crippen LogP contribution in [0.5, 0.6) is 0 Å². The van der Waals surface area contributed by atoms with E-state index >= 15 is 0 Å². The van der Waals surface area contributed by atoms with E-state index in [0.29, 0.717) is 19.7 Å². The van der Waals surface area contributed by atoms with Crippen LogP contribution in [0.15, 0.2) is 18.2 Å². The molecule has 0 unspecified atom stereocenters. The minimum absolute atomic E-state index is 0. The minimum atomic E-state index is -0.215. The molecule has 4 heteroatoms. The molecule has 1 fully saturated rings. The van der Waals surface area contributed by atoms with Crippen molar-refractivity contribution in [3.05, 3.63) is 35.4 Å². The van der Waals surface area contributed by atoms with Crippen LogP contribution in [0.1, 0.15) is 11.1 Å². The number of carbonyl (C=O) groups is 1. The van der Waals surface area contributed by atoms with Crippen molar-refractivity contribution >= 4 is 6.09 Å². The van der Waals surface area contributed by atoms with Crippen LogP contribution in [-0.4, -0.2) is 24.1 Å². The van der Waals surface area contributed by atoms with E-state index in [1.165, 1.54) is 0 Å². The van der Waals surface area contributed by atoms with Crippen LogP contribution in [0.3, 0.4) is 0 Å². The van der Waals surface area contributed by atoms with Gasteiger partial charge in [0.25, 0.3) is 0 Å². The summed E-state index contributed by atoms with van der Waals surface area (Å²) in [6.07, 6.45) is -0.215. The molecule has 0 bridgehead atoms. The quantitative estimate of drug-likeness (QED) is 0.772. The normalized spacial score (nSPS) is 14.7. The number of amides is 1. The third-order valence-electron chi connectivity index (χ3n) is 2.38. The number of carbonyl (C=O) groups excluding carboxylic acids is 1. The van der Waals surface area contributed by atoms with Crippen molar-refractivity contribution in [2.24, 2.45) is 0 Å². The molecular weight excluding hydrogens is 267 g/mol. The molecule has 0 aromatic heterocycles. The molecule has 77 valence electrons. The van der Waals surface area contributed by atoms with Gasteiger partial charge < -0.3 is 9.64 Å². The zero-order valence-corrected chi connectivity index (χ0v) is 11.5. The van der Waals surface area contributed by atoms with E-state index in [1.807, 2.05) is 25.1 Å². The molecule has 0 spiro atoms. The van der Waals surface area contributed by atoms with Crippen molar-refractivity contribution < 1.29 is 42.2 Å².